The fourth-order valence-electron chi connectivity index (χ4n) is 1.29. The summed E-state index contributed by atoms with van der Waals surface area (Å²) in [5.74, 6) is 2.14. The SMILES string of the molecule is C#CCN(CC(F)F)C(=O)OCc1ccccc1. The van der Waals surface area contributed by atoms with Gasteiger partial charge in [0.15, 0.2) is 0 Å². The molecule has 0 saturated heterocycles. The predicted octanol–water partition coefficient (Wildman–Crippen LogP) is 2.52. The van der Waals surface area contributed by atoms with E-state index in [-0.39, 0.29) is 13.2 Å². The molecule has 0 saturated carbocycles. The van der Waals surface area contributed by atoms with Crippen LogP contribution >= 0.6 is 0 Å². The van der Waals surface area contributed by atoms with Crippen molar-refractivity contribution >= 4 is 6.09 Å². The van der Waals surface area contributed by atoms with Crippen LogP contribution < -0.4 is 0 Å². The van der Waals surface area contributed by atoms with Gasteiger partial charge in [-0.05, 0) is 5.56 Å². The first-order valence-corrected chi connectivity index (χ1v) is 5.30. The summed E-state index contributed by atoms with van der Waals surface area (Å²) in [7, 11) is 0. The number of rotatable bonds is 5. The molecule has 1 amide bonds. The van der Waals surface area contributed by atoms with Crippen LogP contribution in [0, 0.1) is 12.3 Å². The lowest BCUT2D eigenvalue weighted by atomic mass is 10.2. The van der Waals surface area contributed by atoms with Crippen LogP contribution in [0.25, 0.3) is 0 Å². The molecule has 0 aliphatic carbocycles. The first kappa shape index (κ1) is 14.0. The summed E-state index contributed by atoms with van der Waals surface area (Å²) in [6, 6.07) is 8.95. The summed E-state index contributed by atoms with van der Waals surface area (Å²) >= 11 is 0. The molecular formula is C13H13F2NO2. The largest absolute Gasteiger partial charge is 0.445 e. The zero-order chi connectivity index (χ0) is 13.4. The van der Waals surface area contributed by atoms with Gasteiger partial charge in [-0.1, -0.05) is 36.3 Å². The molecular weight excluding hydrogens is 240 g/mol. The highest BCUT2D eigenvalue weighted by atomic mass is 19.3. The molecule has 1 rings (SSSR count). The van der Waals surface area contributed by atoms with E-state index in [2.05, 4.69) is 5.92 Å². The molecule has 96 valence electrons. The number of alkyl halides is 2. The van der Waals surface area contributed by atoms with E-state index < -0.39 is 19.1 Å². The maximum Gasteiger partial charge on any atom is 0.411 e. The van der Waals surface area contributed by atoms with Crippen LogP contribution in [0.1, 0.15) is 5.56 Å². The van der Waals surface area contributed by atoms with Gasteiger partial charge in [0.25, 0.3) is 6.43 Å². The fourth-order valence-corrected chi connectivity index (χ4v) is 1.29. The first-order chi connectivity index (χ1) is 8.63. The van der Waals surface area contributed by atoms with Crippen molar-refractivity contribution in [2.45, 2.75) is 13.0 Å². The summed E-state index contributed by atoms with van der Waals surface area (Å²) in [6.45, 7) is -0.889. The van der Waals surface area contributed by atoms with Crippen LogP contribution in [-0.2, 0) is 11.3 Å². The van der Waals surface area contributed by atoms with Crippen molar-refractivity contribution in [3.63, 3.8) is 0 Å². The number of carbonyl (C=O) groups excluding carboxylic acids is 1. The van der Waals surface area contributed by atoms with E-state index in [0.717, 1.165) is 10.5 Å². The van der Waals surface area contributed by atoms with E-state index in [1.54, 1.807) is 24.3 Å². The van der Waals surface area contributed by atoms with E-state index in [9.17, 15) is 13.6 Å². The van der Waals surface area contributed by atoms with Gasteiger partial charge in [0, 0.05) is 0 Å². The quantitative estimate of drug-likeness (QED) is 0.755. The lowest BCUT2D eigenvalue weighted by Crippen LogP contribution is -2.35. The minimum absolute atomic E-state index is 0.0317. The average Bonchev–Trinajstić information content (AvgIpc) is 2.36. The Morgan fingerprint density at radius 1 is 1.39 bits per heavy atom. The van der Waals surface area contributed by atoms with Gasteiger partial charge in [0.2, 0.25) is 0 Å². The van der Waals surface area contributed by atoms with Gasteiger partial charge in [-0.25, -0.2) is 13.6 Å². The molecule has 5 heteroatoms. The van der Waals surface area contributed by atoms with Gasteiger partial charge < -0.3 is 4.74 Å². The molecule has 1 aromatic carbocycles. The predicted molar refractivity (Wildman–Crippen MR) is 63.0 cm³/mol. The molecule has 0 unspecified atom stereocenters. The Bertz CT molecular complexity index is 415. The van der Waals surface area contributed by atoms with Crippen LogP contribution in [0.5, 0.6) is 0 Å². The molecule has 0 spiro atoms. The average molecular weight is 253 g/mol. The highest BCUT2D eigenvalue weighted by molar-refractivity contribution is 5.68. The number of hydrogen-bond acceptors (Lipinski definition) is 2. The summed E-state index contributed by atoms with van der Waals surface area (Å²) < 4.78 is 29.3. The van der Waals surface area contributed by atoms with E-state index in [4.69, 9.17) is 11.2 Å². The fraction of sp³-hybridized carbons (Fsp3) is 0.308. The molecule has 0 aliphatic heterocycles. The van der Waals surface area contributed by atoms with Crippen LogP contribution in [0.4, 0.5) is 13.6 Å². The van der Waals surface area contributed by atoms with Crippen LogP contribution in [0.15, 0.2) is 30.3 Å². The van der Waals surface area contributed by atoms with Crippen LogP contribution in [-0.4, -0.2) is 30.5 Å². The zero-order valence-corrected chi connectivity index (χ0v) is 9.68. The number of nitrogens with zero attached hydrogens (tertiary/aromatic N) is 1. The summed E-state index contributed by atoms with van der Waals surface area (Å²) in [5.41, 5.74) is 0.781. The molecule has 0 aromatic heterocycles. The smallest absolute Gasteiger partial charge is 0.411 e. The maximum atomic E-state index is 12.2. The zero-order valence-electron chi connectivity index (χ0n) is 9.68. The Morgan fingerprint density at radius 3 is 2.61 bits per heavy atom. The topological polar surface area (TPSA) is 29.5 Å². The minimum atomic E-state index is -2.64. The Morgan fingerprint density at radius 2 is 2.06 bits per heavy atom. The maximum absolute atomic E-state index is 12.2. The Balaban J connectivity index is 2.49. The standard InChI is InChI=1S/C13H13F2NO2/c1-2-8-16(9-12(14)15)13(17)18-10-11-6-4-3-5-7-11/h1,3-7,12H,8-10H2. The Kier molecular flexibility index (Phi) is 5.65. The third-order valence-electron chi connectivity index (χ3n) is 2.10. The van der Waals surface area contributed by atoms with Crippen molar-refractivity contribution in [3.8, 4) is 12.3 Å². The molecule has 0 aliphatic rings. The molecule has 0 heterocycles. The number of carbonyl (C=O) groups is 1. The third kappa shape index (κ3) is 4.83. The number of hydrogen-bond donors (Lipinski definition) is 0. The second-order valence-electron chi connectivity index (χ2n) is 3.52. The van der Waals surface area contributed by atoms with Gasteiger partial charge in [0.1, 0.15) is 6.61 Å². The second-order valence-corrected chi connectivity index (χ2v) is 3.52. The van der Waals surface area contributed by atoms with Crippen LogP contribution in [0.2, 0.25) is 0 Å². The van der Waals surface area contributed by atoms with E-state index in [0.29, 0.717) is 0 Å². The monoisotopic (exact) mass is 253 g/mol. The number of ether oxygens (including phenoxy) is 1. The molecule has 1 aromatic rings. The lowest BCUT2D eigenvalue weighted by Gasteiger charge is -2.19. The van der Waals surface area contributed by atoms with Crippen molar-refractivity contribution in [2.24, 2.45) is 0 Å². The van der Waals surface area contributed by atoms with Gasteiger partial charge in [-0.3, -0.25) is 4.90 Å². The highest BCUT2D eigenvalue weighted by Crippen LogP contribution is 2.05. The summed E-state index contributed by atoms with van der Waals surface area (Å²) in [5, 5.41) is 0. The van der Waals surface area contributed by atoms with E-state index in [1.165, 1.54) is 0 Å². The molecule has 0 atom stereocenters. The van der Waals surface area contributed by atoms with Gasteiger partial charge in [0.05, 0.1) is 13.1 Å². The minimum Gasteiger partial charge on any atom is -0.445 e. The van der Waals surface area contributed by atoms with Gasteiger partial charge >= 0.3 is 6.09 Å². The number of benzene rings is 1. The molecule has 3 nitrogen and oxygen atoms in total. The van der Waals surface area contributed by atoms with Crippen molar-refractivity contribution in [1.82, 2.24) is 4.90 Å². The third-order valence-corrected chi connectivity index (χ3v) is 2.10. The second kappa shape index (κ2) is 7.28. The Labute approximate surface area is 104 Å². The molecule has 0 bridgehead atoms. The van der Waals surface area contributed by atoms with E-state index in [1.807, 2.05) is 6.07 Å². The highest BCUT2D eigenvalue weighted by Gasteiger charge is 2.18. The Hall–Kier alpha value is -2.09. The number of halogens is 2. The van der Waals surface area contributed by atoms with Gasteiger partial charge in [-0.15, -0.1) is 6.42 Å². The number of amides is 1. The van der Waals surface area contributed by atoms with E-state index >= 15 is 0 Å². The van der Waals surface area contributed by atoms with Crippen molar-refractivity contribution in [3.05, 3.63) is 35.9 Å². The molecule has 0 fully saturated rings. The normalized spacial score (nSPS) is 9.89. The number of terminal acetylenes is 1. The van der Waals surface area contributed by atoms with Crippen LogP contribution in [0.3, 0.4) is 0 Å². The lowest BCUT2D eigenvalue weighted by molar-refractivity contribution is 0.0629. The first-order valence-electron chi connectivity index (χ1n) is 5.30. The summed E-state index contributed by atoms with van der Waals surface area (Å²) in [4.78, 5) is 12.3. The molecule has 0 radical (unpaired) electrons. The summed E-state index contributed by atoms with van der Waals surface area (Å²) in [6.07, 6.45) is 1.53. The van der Waals surface area contributed by atoms with Crippen molar-refractivity contribution < 1.29 is 18.3 Å². The molecule has 18 heavy (non-hydrogen) atoms. The molecule has 0 N–H and O–H groups in total. The van der Waals surface area contributed by atoms with Crippen molar-refractivity contribution in [2.75, 3.05) is 13.1 Å². The van der Waals surface area contributed by atoms with Gasteiger partial charge in [-0.2, -0.15) is 0 Å². The van der Waals surface area contributed by atoms with Crippen molar-refractivity contribution in [1.29, 1.82) is 0 Å².